The molecule has 7 heteroatoms. The largest absolute Gasteiger partial charge is 0.493 e. The van der Waals surface area contributed by atoms with Crippen LogP contribution in [0.25, 0.3) is 21.9 Å². The molecule has 7 nitrogen and oxygen atoms in total. The van der Waals surface area contributed by atoms with Gasteiger partial charge in [0.15, 0.2) is 0 Å². The number of hydrogen-bond donors (Lipinski definition) is 1. The second kappa shape index (κ2) is 11.1. The Bertz CT molecular complexity index is 1460. The first-order valence-corrected chi connectivity index (χ1v) is 12.0. The predicted molar refractivity (Wildman–Crippen MR) is 137 cm³/mol. The van der Waals surface area contributed by atoms with Gasteiger partial charge in [-0.05, 0) is 67.9 Å². The van der Waals surface area contributed by atoms with Gasteiger partial charge in [0.2, 0.25) is 0 Å². The molecule has 0 unspecified atom stereocenters. The van der Waals surface area contributed by atoms with E-state index in [9.17, 15) is 4.79 Å². The molecule has 0 aliphatic heterocycles. The Labute approximate surface area is 209 Å². The van der Waals surface area contributed by atoms with E-state index in [1.807, 2.05) is 61.7 Å². The summed E-state index contributed by atoms with van der Waals surface area (Å²) in [6, 6.07) is 17.3. The van der Waals surface area contributed by atoms with Gasteiger partial charge < -0.3 is 28.4 Å². The molecule has 1 N–H and O–H groups in total. The standard InChI is InChI=1S/C29H28N2O5/c1-20-28(19-34-23-8-9-25-22(15-23)16-24(35-25)10-13-32)36-27-7-2-6-26(29(20)27)33-14-4-12-31-18-21-5-3-11-30-17-21/h2-3,5-9,11,13,15-17,31H,4,10,12,14,18-19H2,1H3. The van der Waals surface area contributed by atoms with Crippen LogP contribution >= 0.6 is 0 Å². The number of pyridine rings is 1. The number of rotatable bonds is 12. The number of carbonyl (C=O) groups excluding carboxylic acids is 1. The normalized spacial score (nSPS) is 11.2. The number of fused-ring (bicyclic) bond motifs is 2. The van der Waals surface area contributed by atoms with Crippen LogP contribution in [0.15, 0.2) is 75.8 Å². The Morgan fingerprint density at radius 1 is 1.03 bits per heavy atom. The molecule has 5 rings (SSSR count). The van der Waals surface area contributed by atoms with Crippen molar-refractivity contribution in [2.75, 3.05) is 13.2 Å². The van der Waals surface area contributed by atoms with E-state index < -0.39 is 0 Å². The van der Waals surface area contributed by atoms with E-state index in [4.69, 9.17) is 18.3 Å². The minimum atomic E-state index is 0.259. The van der Waals surface area contributed by atoms with Crippen LogP contribution in [0.4, 0.5) is 0 Å². The van der Waals surface area contributed by atoms with Crippen LogP contribution < -0.4 is 14.8 Å². The van der Waals surface area contributed by atoms with Gasteiger partial charge in [0.25, 0.3) is 0 Å². The highest BCUT2D eigenvalue weighted by Crippen LogP contribution is 2.34. The maximum absolute atomic E-state index is 10.7. The van der Waals surface area contributed by atoms with E-state index in [1.165, 1.54) is 5.56 Å². The molecule has 184 valence electrons. The van der Waals surface area contributed by atoms with Crippen LogP contribution in [0, 0.1) is 6.92 Å². The molecule has 0 aliphatic rings. The molecule has 0 aliphatic carbocycles. The number of nitrogens with one attached hydrogen (secondary N) is 1. The Balaban J connectivity index is 1.19. The third-order valence-corrected chi connectivity index (χ3v) is 6.02. The van der Waals surface area contributed by atoms with Crippen molar-refractivity contribution in [1.29, 1.82) is 0 Å². The Morgan fingerprint density at radius 2 is 1.97 bits per heavy atom. The Morgan fingerprint density at radius 3 is 2.83 bits per heavy atom. The molecule has 5 aromatic rings. The van der Waals surface area contributed by atoms with E-state index in [-0.39, 0.29) is 6.42 Å². The van der Waals surface area contributed by atoms with Crippen LogP contribution in [-0.2, 0) is 24.4 Å². The lowest BCUT2D eigenvalue weighted by Gasteiger charge is -2.09. The monoisotopic (exact) mass is 484 g/mol. The van der Waals surface area contributed by atoms with Gasteiger partial charge in [-0.1, -0.05) is 12.1 Å². The third kappa shape index (κ3) is 5.42. The van der Waals surface area contributed by atoms with Gasteiger partial charge in [-0.2, -0.15) is 0 Å². The van der Waals surface area contributed by atoms with Crippen molar-refractivity contribution in [3.8, 4) is 11.5 Å². The van der Waals surface area contributed by atoms with Crippen molar-refractivity contribution in [2.24, 2.45) is 0 Å². The van der Waals surface area contributed by atoms with Crippen molar-refractivity contribution >= 4 is 28.2 Å². The van der Waals surface area contributed by atoms with Crippen LogP contribution in [0.3, 0.4) is 0 Å². The topological polar surface area (TPSA) is 86.7 Å². The van der Waals surface area contributed by atoms with E-state index in [2.05, 4.69) is 16.4 Å². The number of hydrogen-bond acceptors (Lipinski definition) is 7. The van der Waals surface area contributed by atoms with Crippen LogP contribution in [0.5, 0.6) is 11.5 Å². The second-order valence-corrected chi connectivity index (χ2v) is 8.59. The summed E-state index contributed by atoms with van der Waals surface area (Å²) in [5.41, 5.74) is 3.68. The SMILES string of the molecule is Cc1c(COc2ccc3oc(CC=O)cc3c2)oc2cccc(OCCCNCc3cccnc3)c12. The van der Waals surface area contributed by atoms with Gasteiger partial charge in [-0.25, -0.2) is 0 Å². The highest BCUT2D eigenvalue weighted by atomic mass is 16.5. The molecule has 3 aromatic heterocycles. The Kier molecular flexibility index (Phi) is 7.28. The summed E-state index contributed by atoms with van der Waals surface area (Å²) in [7, 11) is 0. The quantitative estimate of drug-likeness (QED) is 0.178. The molecule has 3 heterocycles. The molecular formula is C29H28N2O5. The molecule has 36 heavy (non-hydrogen) atoms. The number of benzene rings is 2. The van der Waals surface area contributed by atoms with Crippen molar-refractivity contribution in [3.63, 3.8) is 0 Å². The molecule has 2 aromatic carbocycles. The van der Waals surface area contributed by atoms with Crippen LogP contribution in [-0.4, -0.2) is 24.4 Å². The summed E-state index contributed by atoms with van der Waals surface area (Å²) < 4.78 is 23.9. The van der Waals surface area contributed by atoms with Crippen LogP contribution in [0.1, 0.15) is 29.1 Å². The van der Waals surface area contributed by atoms with E-state index >= 15 is 0 Å². The molecule has 0 saturated carbocycles. The lowest BCUT2D eigenvalue weighted by molar-refractivity contribution is -0.107. The van der Waals surface area contributed by atoms with Gasteiger partial charge in [-0.3, -0.25) is 4.98 Å². The molecule has 0 spiro atoms. The molecule has 0 bridgehead atoms. The van der Waals surface area contributed by atoms with E-state index in [0.29, 0.717) is 24.7 Å². The fourth-order valence-electron chi connectivity index (χ4n) is 4.18. The van der Waals surface area contributed by atoms with Gasteiger partial charge in [-0.15, -0.1) is 0 Å². The molecule has 0 saturated heterocycles. The van der Waals surface area contributed by atoms with Gasteiger partial charge in [0, 0.05) is 29.9 Å². The fraction of sp³-hybridized carbons (Fsp3) is 0.241. The van der Waals surface area contributed by atoms with Gasteiger partial charge in [0.1, 0.15) is 47.1 Å². The van der Waals surface area contributed by atoms with Gasteiger partial charge >= 0.3 is 0 Å². The molecule has 0 fully saturated rings. The first-order chi connectivity index (χ1) is 17.7. The highest BCUT2D eigenvalue weighted by molar-refractivity contribution is 5.88. The summed E-state index contributed by atoms with van der Waals surface area (Å²) >= 11 is 0. The third-order valence-electron chi connectivity index (χ3n) is 6.02. The van der Waals surface area contributed by atoms with Crippen molar-refractivity contribution < 1.29 is 23.1 Å². The van der Waals surface area contributed by atoms with E-state index in [1.54, 1.807) is 6.20 Å². The minimum Gasteiger partial charge on any atom is -0.493 e. The maximum Gasteiger partial charge on any atom is 0.146 e. The second-order valence-electron chi connectivity index (χ2n) is 8.59. The van der Waals surface area contributed by atoms with Crippen LogP contribution in [0.2, 0.25) is 0 Å². The van der Waals surface area contributed by atoms with Crippen molar-refractivity contribution in [1.82, 2.24) is 10.3 Å². The maximum atomic E-state index is 10.7. The van der Waals surface area contributed by atoms with Crippen molar-refractivity contribution in [2.45, 2.75) is 32.9 Å². The average molecular weight is 485 g/mol. The first kappa shape index (κ1) is 23.6. The lowest BCUT2D eigenvalue weighted by atomic mass is 10.1. The molecular weight excluding hydrogens is 456 g/mol. The number of furan rings is 2. The summed E-state index contributed by atoms with van der Waals surface area (Å²) in [5, 5.41) is 5.29. The number of nitrogens with zero attached hydrogens (tertiary/aromatic N) is 1. The van der Waals surface area contributed by atoms with Gasteiger partial charge in [0.05, 0.1) is 18.4 Å². The number of ether oxygens (including phenoxy) is 2. The minimum absolute atomic E-state index is 0.259. The fourth-order valence-corrected chi connectivity index (χ4v) is 4.18. The summed E-state index contributed by atoms with van der Waals surface area (Å²) in [5.74, 6) is 2.92. The number of aldehydes is 1. The molecule has 0 radical (unpaired) electrons. The smallest absolute Gasteiger partial charge is 0.146 e. The zero-order chi connectivity index (χ0) is 24.7. The summed E-state index contributed by atoms with van der Waals surface area (Å²) in [6.45, 7) is 4.57. The highest BCUT2D eigenvalue weighted by Gasteiger charge is 2.16. The number of aromatic nitrogens is 1. The number of aryl methyl sites for hydroxylation is 1. The Hall–Kier alpha value is -4.10. The summed E-state index contributed by atoms with van der Waals surface area (Å²) in [4.78, 5) is 14.9. The first-order valence-electron chi connectivity index (χ1n) is 12.0. The van der Waals surface area contributed by atoms with E-state index in [0.717, 1.165) is 64.8 Å². The van der Waals surface area contributed by atoms with Crippen molar-refractivity contribution in [3.05, 3.63) is 89.6 Å². The average Bonchev–Trinajstić information content (AvgIpc) is 3.45. The summed E-state index contributed by atoms with van der Waals surface area (Å²) in [6.07, 6.45) is 5.62. The zero-order valence-electron chi connectivity index (χ0n) is 20.2. The lowest BCUT2D eigenvalue weighted by Crippen LogP contribution is -2.17. The number of carbonyl (C=O) groups is 1. The molecule has 0 atom stereocenters. The zero-order valence-corrected chi connectivity index (χ0v) is 20.2. The predicted octanol–water partition coefficient (Wildman–Crippen LogP) is 5.76. The molecule has 0 amide bonds.